The Bertz CT molecular complexity index is 613. The number of aromatic nitrogens is 3. The van der Waals surface area contributed by atoms with Gasteiger partial charge in [-0.2, -0.15) is 11.8 Å². The summed E-state index contributed by atoms with van der Waals surface area (Å²) in [7, 11) is 2.03. The second-order valence-electron chi connectivity index (χ2n) is 5.57. The SMILES string of the molecule is Cn1ccc2c(N3CC(N4CCSCC4)C3)ncnc21. The standard InChI is InChI=1S/C14H19N5S/c1-17-3-2-12-13(17)15-10-16-14(12)19-8-11(9-19)18-4-6-20-7-5-18/h2-3,10-11H,4-9H2,1H3. The Morgan fingerprint density at radius 3 is 2.80 bits per heavy atom. The van der Waals surface area contributed by atoms with E-state index in [9.17, 15) is 0 Å². The molecule has 0 spiro atoms. The molecule has 0 amide bonds. The largest absolute Gasteiger partial charge is 0.353 e. The zero-order valence-corrected chi connectivity index (χ0v) is 12.5. The fourth-order valence-corrected chi connectivity index (χ4v) is 4.05. The fourth-order valence-electron chi connectivity index (χ4n) is 3.12. The normalized spacial score (nSPS) is 21.4. The van der Waals surface area contributed by atoms with Gasteiger partial charge in [0, 0.05) is 57.0 Å². The summed E-state index contributed by atoms with van der Waals surface area (Å²) in [5.41, 5.74) is 1.02. The first-order chi connectivity index (χ1) is 9.83. The molecule has 2 saturated heterocycles. The summed E-state index contributed by atoms with van der Waals surface area (Å²) in [6, 6.07) is 2.83. The zero-order chi connectivity index (χ0) is 13.5. The van der Waals surface area contributed by atoms with Crippen molar-refractivity contribution in [1.29, 1.82) is 0 Å². The highest BCUT2D eigenvalue weighted by Crippen LogP contribution is 2.29. The van der Waals surface area contributed by atoms with Gasteiger partial charge in [0.2, 0.25) is 0 Å². The lowest BCUT2D eigenvalue weighted by Gasteiger charge is -2.47. The molecule has 0 atom stereocenters. The monoisotopic (exact) mass is 289 g/mol. The summed E-state index contributed by atoms with van der Waals surface area (Å²) < 4.78 is 2.06. The number of nitrogens with zero attached hydrogens (tertiary/aromatic N) is 5. The molecule has 4 rings (SSSR count). The predicted octanol–water partition coefficient (Wildman–Crippen LogP) is 1.21. The number of thioether (sulfide) groups is 1. The first-order valence-electron chi connectivity index (χ1n) is 7.16. The average Bonchev–Trinajstić information content (AvgIpc) is 2.81. The van der Waals surface area contributed by atoms with Gasteiger partial charge in [0.25, 0.3) is 0 Å². The Hall–Kier alpha value is -1.27. The topological polar surface area (TPSA) is 37.2 Å². The predicted molar refractivity (Wildman–Crippen MR) is 83.4 cm³/mol. The second-order valence-corrected chi connectivity index (χ2v) is 6.79. The minimum Gasteiger partial charge on any atom is -0.353 e. The van der Waals surface area contributed by atoms with E-state index >= 15 is 0 Å². The molecular weight excluding hydrogens is 270 g/mol. The summed E-state index contributed by atoms with van der Waals surface area (Å²) in [5, 5.41) is 1.17. The number of rotatable bonds is 2. The van der Waals surface area contributed by atoms with Gasteiger partial charge in [0.15, 0.2) is 0 Å². The van der Waals surface area contributed by atoms with Gasteiger partial charge in [0.05, 0.1) is 5.39 Å². The van der Waals surface area contributed by atoms with Crippen LogP contribution in [0.4, 0.5) is 5.82 Å². The molecule has 0 radical (unpaired) electrons. The molecule has 0 unspecified atom stereocenters. The summed E-state index contributed by atoms with van der Waals surface area (Å²) in [5.74, 6) is 3.66. The number of anilines is 1. The van der Waals surface area contributed by atoms with E-state index in [-0.39, 0.29) is 0 Å². The van der Waals surface area contributed by atoms with Crippen LogP contribution in [0.5, 0.6) is 0 Å². The van der Waals surface area contributed by atoms with E-state index < -0.39 is 0 Å². The third kappa shape index (κ3) is 1.98. The Morgan fingerprint density at radius 2 is 2.00 bits per heavy atom. The quantitative estimate of drug-likeness (QED) is 0.830. The van der Waals surface area contributed by atoms with E-state index in [1.54, 1.807) is 6.33 Å². The Kier molecular flexibility index (Phi) is 3.07. The van der Waals surface area contributed by atoms with Crippen LogP contribution < -0.4 is 4.90 Å². The molecule has 6 heteroatoms. The van der Waals surface area contributed by atoms with Crippen LogP contribution in [0.15, 0.2) is 18.6 Å². The van der Waals surface area contributed by atoms with Crippen molar-refractivity contribution in [2.75, 3.05) is 42.6 Å². The van der Waals surface area contributed by atoms with Crippen molar-refractivity contribution in [1.82, 2.24) is 19.4 Å². The average molecular weight is 289 g/mol. The maximum atomic E-state index is 4.50. The highest BCUT2D eigenvalue weighted by molar-refractivity contribution is 7.99. The minimum absolute atomic E-state index is 0.713. The number of hydrogen-bond donors (Lipinski definition) is 0. The van der Waals surface area contributed by atoms with E-state index in [1.807, 2.05) is 7.05 Å². The molecule has 2 aliphatic rings. The van der Waals surface area contributed by atoms with E-state index in [0.29, 0.717) is 6.04 Å². The van der Waals surface area contributed by atoms with Crippen LogP contribution in [0.3, 0.4) is 0 Å². The molecule has 5 nitrogen and oxygen atoms in total. The van der Waals surface area contributed by atoms with Gasteiger partial charge in [-0.25, -0.2) is 9.97 Å². The van der Waals surface area contributed by atoms with Crippen molar-refractivity contribution >= 4 is 28.6 Å². The molecule has 0 saturated carbocycles. The van der Waals surface area contributed by atoms with E-state index in [1.165, 1.54) is 30.0 Å². The van der Waals surface area contributed by atoms with Crippen molar-refractivity contribution in [3.05, 3.63) is 18.6 Å². The number of fused-ring (bicyclic) bond motifs is 1. The van der Waals surface area contributed by atoms with Gasteiger partial charge in [-0.05, 0) is 6.07 Å². The van der Waals surface area contributed by atoms with E-state index in [4.69, 9.17) is 0 Å². The number of hydrogen-bond acceptors (Lipinski definition) is 5. The van der Waals surface area contributed by atoms with Crippen LogP contribution >= 0.6 is 11.8 Å². The summed E-state index contributed by atoms with van der Waals surface area (Å²) in [6.07, 6.45) is 3.74. The zero-order valence-electron chi connectivity index (χ0n) is 11.7. The molecule has 2 aromatic heterocycles. The summed E-state index contributed by atoms with van der Waals surface area (Å²) >= 11 is 2.07. The van der Waals surface area contributed by atoms with E-state index in [2.05, 4.69) is 48.4 Å². The lowest BCUT2D eigenvalue weighted by atomic mass is 10.1. The van der Waals surface area contributed by atoms with Crippen LogP contribution in [0.2, 0.25) is 0 Å². The van der Waals surface area contributed by atoms with Crippen LogP contribution in [-0.4, -0.2) is 63.2 Å². The third-order valence-corrected chi connectivity index (χ3v) is 5.31. The Morgan fingerprint density at radius 1 is 1.20 bits per heavy atom. The van der Waals surface area contributed by atoms with Crippen LogP contribution in [-0.2, 0) is 7.05 Å². The molecule has 2 aromatic rings. The van der Waals surface area contributed by atoms with Gasteiger partial charge in [0.1, 0.15) is 17.8 Å². The highest BCUT2D eigenvalue weighted by Gasteiger charge is 2.34. The van der Waals surface area contributed by atoms with Gasteiger partial charge in [-0.15, -0.1) is 0 Å². The molecule has 2 aliphatic heterocycles. The maximum Gasteiger partial charge on any atom is 0.145 e. The highest BCUT2D eigenvalue weighted by atomic mass is 32.2. The first-order valence-corrected chi connectivity index (χ1v) is 8.31. The van der Waals surface area contributed by atoms with Crippen molar-refractivity contribution in [2.45, 2.75) is 6.04 Å². The van der Waals surface area contributed by atoms with Crippen molar-refractivity contribution in [3.63, 3.8) is 0 Å². The van der Waals surface area contributed by atoms with Crippen LogP contribution in [0.25, 0.3) is 11.0 Å². The van der Waals surface area contributed by atoms with Crippen molar-refractivity contribution in [2.24, 2.45) is 7.05 Å². The van der Waals surface area contributed by atoms with Crippen molar-refractivity contribution in [3.8, 4) is 0 Å². The molecule has 0 N–H and O–H groups in total. The fraction of sp³-hybridized carbons (Fsp3) is 0.571. The maximum absolute atomic E-state index is 4.50. The summed E-state index contributed by atoms with van der Waals surface area (Å²) in [4.78, 5) is 13.9. The molecule has 0 aromatic carbocycles. The molecule has 4 heterocycles. The molecule has 0 aliphatic carbocycles. The Balaban J connectivity index is 1.51. The lowest BCUT2D eigenvalue weighted by molar-refractivity contribution is 0.182. The van der Waals surface area contributed by atoms with Gasteiger partial charge >= 0.3 is 0 Å². The molecular formula is C14H19N5S. The van der Waals surface area contributed by atoms with Crippen LogP contribution in [0, 0.1) is 0 Å². The molecule has 2 fully saturated rings. The molecule has 0 bridgehead atoms. The number of aryl methyl sites for hydroxylation is 1. The third-order valence-electron chi connectivity index (χ3n) is 4.36. The first kappa shape index (κ1) is 12.5. The summed E-state index contributed by atoms with van der Waals surface area (Å²) in [6.45, 7) is 4.69. The smallest absolute Gasteiger partial charge is 0.145 e. The van der Waals surface area contributed by atoms with E-state index in [0.717, 1.165) is 24.6 Å². The van der Waals surface area contributed by atoms with Crippen LogP contribution in [0.1, 0.15) is 0 Å². The Labute approximate surface area is 123 Å². The van der Waals surface area contributed by atoms with Gasteiger partial charge in [-0.3, -0.25) is 4.90 Å². The molecule has 20 heavy (non-hydrogen) atoms. The van der Waals surface area contributed by atoms with Crippen molar-refractivity contribution < 1.29 is 0 Å². The van der Waals surface area contributed by atoms with Gasteiger partial charge < -0.3 is 9.47 Å². The molecule has 106 valence electrons. The van der Waals surface area contributed by atoms with Gasteiger partial charge in [-0.1, -0.05) is 0 Å². The minimum atomic E-state index is 0.713. The lowest BCUT2D eigenvalue weighted by Crippen LogP contribution is -2.61. The second kappa shape index (κ2) is 4.93.